The molecule has 0 bridgehead atoms. The summed E-state index contributed by atoms with van der Waals surface area (Å²) in [4.78, 5) is 23.0. The predicted molar refractivity (Wildman–Crippen MR) is 134 cm³/mol. The number of hydrogen-bond acceptors (Lipinski definition) is 8. The number of aliphatic hydroxyl groups excluding tert-OH is 1. The second kappa shape index (κ2) is 12.4. The first kappa shape index (κ1) is 27.0. The topological polar surface area (TPSA) is 131 Å². The largest absolute Gasteiger partial charge is 0.547 e. The second-order valence-corrected chi connectivity index (χ2v) is 8.90. The lowest BCUT2D eigenvalue weighted by molar-refractivity contribution is -0.679. The number of aliphatic carboxylic acids is 1. The highest BCUT2D eigenvalue weighted by molar-refractivity contribution is 5.75. The molecule has 3 aromatic rings. The molecule has 9 heteroatoms. The molecule has 0 unspecified atom stereocenters. The molecule has 38 heavy (non-hydrogen) atoms. The van der Waals surface area contributed by atoms with Crippen LogP contribution in [0.4, 0.5) is 0 Å². The molecule has 0 aliphatic carbocycles. The number of quaternary nitrogens is 1. The fourth-order valence-electron chi connectivity index (χ4n) is 4.81. The van der Waals surface area contributed by atoms with Crippen molar-refractivity contribution in [1.29, 1.82) is 0 Å². The lowest BCUT2D eigenvalue weighted by Crippen LogP contribution is -2.82. The first-order valence-electron chi connectivity index (χ1n) is 12.4. The van der Waals surface area contributed by atoms with Gasteiger partial charge in [-0.05, 0) is 54.4 Å². The highest BCUT2D eigenvalue weighted by Crippen LogP contribution is 2.41. The summed E-state index contributed by atoms with van der Waals surface area (Å²) in [5.41, 5.74) is 2.51. The van der Waals surface area contributed by atoms with Crippen LogP contribution in [-0.2, 0) is 14.3 Å². The van der Waals surface area contributed by atoms with Crippen molar-refractivity contribution in [2.24, 2.45) is 5.92 Å². The van der Waals surface area contributed by atoms with Crippen LogP contribution in [0.1, 0.15) is 41.7 Å². The van der Waals surface area contributed by atoms with Gasteiger partial charge in [-0.2, -0.15) is 0 Å². The number of nitrogens with two attached hydrogens (primary N) is 1. The van der Waals surface area contributed by atoms with Crippen LogP contribution in [0.3, 0.4) is 0 Å². The van der Waals surface area contributed by atoms with E-state index in [1.54, 1.807) is 25.3 Å². The predicted octanol–water partition coefficient (Wildman–Crippen LogP) is 1.48. The number of benzene rings is 3. The number of carbonyl (C=O) groups excluding carboxylic acids is 2. The van der Waals surface area contributed by atoms with E-state index in [4.69, 9.17) is 24.1 Å². The lowest BCUT2D eigenvalue weighted by Gasteiger charge is -2.20. The Bertz CT molecular complexity index is 1230. The van der Waals surface area contributed by atoms with Gasteiger partial charge in [0.25, 0.3) is 0 Å². The van der Waals surface area contributed by atoms with Crippen molar-refractivity contribution in [3.63, 3.8) is 0 Å². The molecule has 5 rings (SSSR count). The number of carboxylic acids is 1. The van der Waals surface area contributed by atoms with Crippen LogP contribution in [0.15, 0.2) is 72.8 Å². The van der Waals surface area contributed by atoms with Gasteiger partial charge >= 0.3 is 5.97 Å². The first-order chi connectivity index (χ1) is 18.4. The van der Waals surface area contributed by atoms with Gasteiger partial charge in [0.1, 0.15) is 23.8 Å². The summed E-state index contributed by atoms with van der Waals surface area (Å²) in [6.07, 6.45) is -1.52. The van der Waals surface area contributed by atoms with E-state index in [1.807, 2.05) is 49.4 Å². The summed E-state index contributed by atoms with van der Waals surface area (Å²) in [7, 11) is 1.65. The van der Waals surface area contributed by atoms with Crippen molar-refractivity contribution in [3.05, 3.63) is 89.5 Å². The van der Waals surface area contributed by atoms with Crippen molar-refractivity contribution in [1.82, 2.24) is 0 Å². The zero-order chi connectivity index (χ0) is 27.1. The van der Waals surface area contributed by atoms with Gasteiger partial charge in [0.05, 0.1) is 32.1 Å². The standard InChI is InChI=1S/C21H23NO5.C8H8O3/c1-3-25-21(23)19-16(14-6-9-17-18(10-14)27-12-26-17)11-22-20(19)13-4-7-15(24-2)8-5-13;9-7(8(10)11)6-4-2-1-3-5-6/h4-10,16,19-20,22H,3,11-12H2,1-2H3;1-5,7,9H,(H,10,11)/t16-,19-,20+;7-/m10/s1. The number of rotatable bonds is 7. The van der Waals surface area contributed by atoms with E-state index in [2.05, 4.69) is 5.32 Å². The molecule has 0 amide bonds. The Hall–Kier alpha value is -4.08. The van der Waals surface area contributed by atoms with Crippen LogP contribution >= 0.6 is 0 Å². The van der Waals surface area contributed by atoms with Crippen LogP contribution in [0, 0.1) is 5.92 Å². The maximum atomic E-state index is 12.8. The fourth-order valence-corrected chi connectivity index (χ4v) is 4.81. The van der Waals surface area contributed by atoms with Crippen LogP contribution in [0.5, 0.6) is 17.2 Å². The maximum absolute atomic E-state index is 12.8. The van der Waals surface area contributed by atoms with Gasteiger partial charge in [-0.1, -0.05) is 36.4 Å². The van der Waals surface area contributed by atoms with Crippen molar-refractivity contribution >= 4 is 11.9 Å². The summed E-state index contributed by atoms with van der Waals surface area (Å²) in [5.74, 6) is 0.440. The van der Waals surface area contributed by atoms with Crippen LogP contribution in [0.2, 0.25) is 0 Å². The number of esters is 1. The molecule has 0 aromatic heterocycles. The molecule has 4 atom stereocenters. The minimum absolute atomic E-state index is 0.00498. The summed E-state index contributed by atoms with van der Waals surface area (Å²) < 4.78 is 21.6. The van der Waals surface area contributed by atoms with Crippen LogP contribution in [-0.4, -0.2) is 44.1 Å². The molecule has 1 saturated heterocycles. The smallest absolute Gasteiger partial charge is 0.316 e. The normalized spacial score (nSPS) is 20.1. The molecule has 3 aromatic carbocycles. The number of carbonyl (C=O) groups is 2. The zero-order valence-corrected chi connectivity index (χ0v) is 21.2. The second-order valence-electron chi connectivity index (χ2n) is 8.90. The van der Waals surface area contributed by atoms with Gasteiger partial charge in [0, 0.05) is 5.56 Å². The zero-order valence-electron chi connectivity index (χ0n) is 21.2. The van der Waals surface area contributed by atoms with Gasteiger partial charge in [0.15, 0.2) is 11.5 Å². The monoisotopic (exact) mass is 521 g/mol. The third kappa shape index (κ3) is 6.07. The number of methoxy groups -OCH3 is 1. The minimum atomic E-state index is -1.52. The Kier molecular flexibility index (Phi) is 8.83. The quantitative estimate of drug-likeness (QED) is 0.447. The highest BCUT2D eigenvalue weighted by Gasteiger charge is 2.47. The molecule has 9 nitrogen and oxygen atoms in total. The first-order valence-corrected chi connectivity index (χ1v) is 12.4. The van der Waals surface area contributed by atoms with Gasteiger partial charge in [-0.25, -0.2) is 0 Å². The van der Waals surface area contributed by atoms with Gasteiger partial charge in [0.2, 0.25) is 6.79 Å². The van der Waals surface area contributed by atoms with E-state index in [0.717, 1.165) is 34.9 Å². The number of fused-ring (bicyclic) bond motifs is 1. The summed E-state index contributed by atoms with van der Waals surface area (Å²) in [6, 6.07) is 21.9. The number of aliphatic hydroxyl groups is 1. The Morgan fingerprint density at radius 3 is 2.37 bits per heavy atom. The fraction of sp³-hybridized carbons (Fsp3) is 0.310. The van der Waals surface area contributed by atoms with E-state index < -0.39 is 12.1 Å². The highest BCUT2D eigenvalue weighted by atomic mass is 16.7. The molecule has 2 heterocycles. The summed E-state index contributed by atoms with van der Waals surface area (Å²) >= 11 is 0. The third-order valence-electron chi connectivity index (χ3n) is 6.69. The van der Waals surface area contributed by atoms with Gasteiger partial charge < -0.3 is 39.3 Å². The maximum Gasteiger partial charge on any atom is 0.316 e. The van der Waals surface area contributed by atoms with Crippen molar-refractivity contribution in [2.75, 3.05) is 27.1 Å². The Morgan fingerprint density at radius 2 is 1.71 bits per heavy atom. The van der Waals surface area contributed by atoms with E-state index in [-0.39, 0.29) is 30.6 Å². The molecule has 2 aliphatic rings. The summed E-state index contributed by atoms with van der Waals surface area (Å²) in [5, 5.41) is 21.3. The van der Waals surface area contributed by atoms with Gasteiger partial charge in [-0.15, -0.1) is 0 Å². The molecular formula is C29H31NO8. The van der Waals surface area contributed by atoms with Crippen molar-refractivity contribution < 1.29 is 44.1 Å². The SMILES string of the molecule is CCOC(=O)[C@@H]1[C@@H](c2ccc3c(c2)OCO3)C[NH2+][C@H]1c1ccc(OC)cc1.O=C([O-])[C@@H](O)c1ccccc1. The van der Waals surface area contributed by atoms with Crippen molar-refractivity contribution in [2.45, 2.75) is 25.0 Å². The minimum Gasteiger partial charge on any atom is -0.547 e. The number of hydrogen-bond donors (Lipinski definition) is 2. The van der Waals surface area contributed by atoms with Crippen molar-refractivity contribution in [3.8, 4) is 17.2 Å². The number of ether oxygens (including phenoxy) is 4. The summed E-state index contributed by atoms with van der Waals surface area (Å²) in [6.45, 7) is 3.26. The molecule has 200 valence electrons. The van der Waals surface area contributed by atoms with Crippen LogP contribution in [0.25, 0.3) is 0 Å². The Morgan fingerprint density at radius 1 is 1.03 bits per heavy atom. The van der Waals surface area contributed by atoms with Crippen LogP contribution < -0.4 is 24.6 Å². The lowest BCUT2D eigenvalue weighted by atomic mass is 9.83. The molecule has 0 saturated carbocycles. The van der Waals surface area contributed by atoms with Gasteiger partial charge in [-0.3, -0.25) is 4.79 Å². The molecule has 0 radical (unpaired) electrons. The average molecular weight is 522 g/mol. The Labute approximate surface area is 220 Å². The average Bonchev–Trinajstić information content (AvgIpc) is 3.60. The molecule has 1 fully saturated rings. The molecule has 2 aliphatic heterocycles. The van der Waals surface area contributed by atoms with E-state index in [1.165, 1.54) is 12.1 Å². The van der Waals surface area contributed by atoms with E-state index in [9.17, 15) is 14.7 Å². The molecular weight excluding hydrogens is 490 g/mol. The number of carboxylic acid groups (broad SMARTS) is 1. The molecule has 0 spiro atoms. The van der Waals surface area contributed by atoms with E-state index >= 15 is 0 Å². The third-order valence-corrected chi connectivity index (χ3v) is 6.69. The molecule has 3 N–H and O–H groups in total. The Balaban J connectivity index is 0.000000257. The van der Waals surface area contributed by atoms with E-state index in [0.29, 0.717) is 12.2 Å².